The molecule has 0 aliphatic carbocycles. The van der Waals surface area contributed by atoms with Crippen LogP contribution in [0.5, 0.6) is 0 Å². The van der Waals surface area contributed by atoms with E-state index < -0.39 is 30.6 Å². The smallest absolute Gasteiger partial charge is 0.332 e. The molecular weight excluding hydrogens is 216 g/mol. The first-order valence-electron chi connectivity index (χ1n) is 4.50. The fourth-order valence-corrected chi connectivity index (χ4v) is 0.644. The second kappa shape index (κ2) is 7.41. The Balaban J connectivity index is 3.78. The van der Waals surface area contributed by atoms with Crippen molar-refractivity contribution >= 4 is 17.9 Å². The van der Waals surface area contributed by atoms with E-state index in [0.29, 0.717) is 0 Å². The van der Waals surface area contributed by atoms with Gasteiger partial charge in [0.25, 0.3) is 5.91 Å². The number of rotatable bonds is 6. The van der Waals surface area contributed by atoms with Gasteiger partial charge in [0.2, 0.25) is 0 Å². The van der Waals surface area contributed by atoms with Gasteiger partial charge in [0.15, 0.2) is 6.10 Å². The Kier molecular flexibility index (Phi) is 6.53. The fraction of sp³-hybridized carbons (Fsp3) is 0.444. The van der Waals surface area contributed by atoms with Crippen LogP contribution in [-0.2, 0) is 14.3 Å². The van der Waals surface area contributed by atoms with Crippen LogP contribution in [0.25, 0.3) is 0 Å². The van der Waals surface area contributed by atoms with Crippen LogP contribution in [0.1, 0.15) is 6.92 Å². The summed E-state index contributed by atoms with van der Waals surface area (Å²) in [5, 5.41) is 12.7. The van der Waals surface area contributed by atoms with Gasteiger partial charge in [-0.1, -0.05) is 6.08 Å². The molecule has 3 amide bonds. The van der Waals surface area contributed by atoms with Gasteiger partial charge in [0, 0.05) is 6.54 Å². The molecule has 0 spiro atoms. The van der Waals surface area contributed by atoms with Crippen LogP contribution < -0.4 is 10.6 Å². The Morgan fingerprint density at radius 2 is 2.12 bits per heavy atom. The Hall–Kier alpha value is -1.89. The molecule has 0 saturated heterocycles. The molecule has 0 aromatic heterocycles. The van der Waals surface area contributed by atoms with E-state index in [1.807, 2.05) is 5.32 Å². The molecule has 0 aromatic rings. The van der Waals surface area contributed by atoms with E-state index in [1.54, 1.807) is 0 Å². The molecule has 7 heteroatoms. The summed E-state index contributed by atoms with van der Waals surface area (Å²) in [5.41, 5.74) is 0. The van der Waals surface area contributed by atoms with Crippen LogP contribution in [0, 0.1) is 0 Å². The van der Waals surface area contributed by atoms with Crippen LogP contribution in [0.2, 0.25) is 0 Å². The third-order valence-electron chi connectivity index (χ3n) is 1.47. The summed E-state index contributed by atoms with van der Waals surface area (Å²) in [6, 6.07) is -0.684. The normalized spacial score (nSPS) is 11.3. The van der Waals surface area contributed by atoms with Gasteiger partial charge in [-0.3, -0.25) is 10.1 Å². The van der Waals surface area contributed by atoms with E-state index in [-0.39, 0.29) is 6.54 Å². The first-order chi connectivity index (χ1) is 7.47. The highest BCUT2D eigenvalue weighted by molar-refractivity contribution is 5.95. The molecule has 0 aliphatic rings. The van der Waals surface area contributed by atoms with Crippen molar-refractivity contribution in [1.82, 2.24) is 10.6 Å². The number of ether oxygens (including phenoxy) is 1. The van der Waals surface area contributed by atoms with Gasteiger partial charge in [0.05, 0.1) is 0 Å². The summed E-state index contributed by atoms with van der Waals surface area (Å²) < 4.78 is 4.66. The average molecular weight is 230 g/mol. The average Bonchev–Trinajstić information content (AvgIpc) is 2.22. The Bertz CT molecular complexity index is 290. The minimum Gasteiger partial charge on any atom is -0.479 e. The van der Waals surface area contributed by atoms with Crippen molar-refractivity contribution in [3.63, 3.8) is 0 Å². The fourth-order valence-electron chi connectivity index (χ4n) is 0.644. The Morgan fingerprint density at radius 1 is 1.50 bits per heavy atom. The van der Waals surface area contributed by atoms with Crippen molar-refractivity contribution in [3.05, 3.63) is 12.7 Å². The molecule has 0 bridgehead atoms. The first kappa shape index (κ1) is 14.1. The van der Waals surface area contributed by atoms with Crippen molar-refractivity contribution in [2.45, 2.75) is 13.0 Å². The van der Waals surface area contributed by atoms with E-state index in [0.717, 1.165) is 0 Å². The molecule has 0 aliphatic heterocycles. The second-order valence-electron chi connectivity index (χ2n) is 2.84. The zero-order valence-electron chi connectivity index (χ0n) is 8.86. The SMILES string of the molecule is C=CCNC(=O)NC(=O)COC(C)C(=O)O. The van der Waals surface area contributed by atoms with Crippen molar-refractivity contribution in [2.24, 2.45) is 0 Å². The number of nitrogens with one attached hydrogen (secondary N) is 2. The van der Waals surface area contributed by atoms with Gasteiger partial charge in [-0.15, -0.1) is 6.58 Å². The summed E-state index contributed by atoms with van der Waals surface area (Å²) in [6.45, 7) is 4.40. The number of aliphatic carboxylic acids is 1. The minimum absolute atomic E-state index is 0.228. The summed E-state index contributed by atoms with van der Waals surface area (Å²) in [4.78, 5) is 32.3. The molecule has 0 rings (SSSR count). The van der Waals surface area contributed by atoms with Crippen LogP contribution in [0.15, 0.2) is 12.7 Å². The number of carboxylic acid groups (broad SMARTS) is 1. The van der Waals surface area contributed by atoms with Crippen molar-refractivity contribution in [2.75, 3.05) is 13.2 Å². The lowest BCUT2D eigenvalue weighted by Gasteiger charge is -2.08. The molecule has 90 valence electrons. The highest BCUT2D eigenvalue weighted by atomic mass is 16.5. The molecule has 1 atom stereocenters. The molecule has 0 radical (unpaired) electrons. The molecule has 0 fully saturated rings. The molecule has 16 heavy (non-hydrogen) atoms. The summed E-state index contributed by atoms with van der Waals surface area (Å²) in [7, 11) is 0. The number of amides is 3. The molecule has 1 unspecified atom stereocenters. The summed E-state index contributed by atoms with van der Waals surface area (Å²) >= 11 is 0. The number of hydrogen-bond donors (Lipinski definition) is 3. The molecule has 3 N–H and O–H groups in total. The van der Waals surface area contributed by atoms with Gasteiger partial charge in [0.1, 0.15) is 6.61 Å². The van der Waals surface area contributed by atoms with Crippen molar-refractivity contribution in [3.8, 4) is 0 Å². The van der Waals surface area contributed by atoms with Crippen LogP contribution in [0.4, 0.5) is 4.79 Å². The number of carbonyl (C=O) groups excluding carboxylic acids is 2. The lowest BCUT2D eigenvalue weighted by atomic mass is 10.4. The third-order valence-corrected chi connectivity index (χ3v) is 1.47. The molecule has 0 aromatic carbocycles. The van der Waals surface area contributed by atoms with Crippen LogP contribution >= 0.6 is 0 Å². The number of carbonyl (C=O) groups is 3. The monoisotopic (exact) mass is 230 g/mol. The molecule has 0 heterocycles. The predicted molar refractivity (Wildman–Crippen MR) is 54.8 cm³/mol. The number of urea groups is 1. The maximum Gasteiger partial charge on any atom is 0.332 e. The minimum atomic E-state index is -1.18. The Labute approximate surface area is 92.5 Å². The number of carboxylic acids is 1. The number of imide groups is 1. The zero-order chi connectivity index (χ0) is 12.6. The molecule has 7 nitrogen and oxygen atoms in total. The maximum atomic E-state index is 11.0. The lowest BCUT2D eigenvalue weighted by Crippen LogP contribution is -2.41. The third kappa shape index (κ3) is 6.55. The van der Waals surface area contributed by atoms with E-state index in [2.05, 4.69) is 16.6 Å². The Morgan fingerprint density at radius 3 is 2.62 bits per heavy atom. The van der Waals surface area contributed by atoms with Gasteiger partial charge in [-0.05, 0) is 6.92 Å². The quantitative estimate of drug-likeness (QED) is 0.533. The standard InChI is InChI=1S/C9H14N2O5/c1-3-4-10-9(15)11-7(12)5-16-6(2)8(13)14/h3,6H,1,4-5H2,2H3,(H,13,14)(H2,10,11,12,15). The number of hydrogen-bond acceptors (Lipinski definition) is 4. The van der Waals surface area contributed by atoms with Gasteiger partial charge >= 0.3 is 12.0 Å². The highest BCUT2D eigenvalue weighted by Gasteiger charge is 2.14. The van der Waals surface area contributed by atoms with Gasteiger partial charge in [-0.25, -0.2) is 9.59 Å². The van der Waals surface area contributed by atoms with Gasteiger partial charge < -0.3 is 15.2 Å². The largest absolute Gasteiger partial charge is 0.479 e. The summed E-state index contributed by atoms with van der Waals surface area (Å²) in [6.07, 6.45) is 0.356. The lowest BCUT2D eigenvalue weighted by molar-refractivity contribution is -0.150. The topological polar surface area (TPSA) is 105 Å². The first-order valence-corrected chi connectivity index (χ1v) is 4.50. The summed E-state index contributed by atoms with van der Waals surface area (Å²) in [5.74, 6) is -1.89. The van der Waals surface area contributed by atoms with Crippen molar-refractivity contribution < 1.29 is 24.2 Å². The van der Waals surface area contributed by atoms with Crippen molar-refractivity contribution in [1.29, 1.82) is 0 Å². The zero-order valence-corrected chi connectivity index (χ0v) is 8.86. The second-order valence-corrected chi connectivity index (χ2v) is 2.84. The van der Waals surface area contributed by atoms with Crippen LogP contribution in [0.3, 0.4) is 0 Å². The highest BCUT2D eigenvalue weighted by Crippen LogP contribution is 1.89. The van der Waals surface area contributed by atoms with E-state index in [9.17, 15) is 14.4 Å². The molecule has 0 saturated carbocycles. The van der Waals surface area contributed by atoms with E-state index in [4.69, 9.17) is 5.11 Å². The van der Waals surface area contributed by atoms with E-state index in [1.165, 1.54) is 13.0 Å². The maximum absolute atomic E-state index is 11.0. The van der Waals surface area contributed by atoms with Crippen LogP contribution in [-0.4, -0.2) is 42.3 Å². The molecular formula is C9H14N2O5. The predicted octanol–water partition coefficient (Wildman–Crippen LogP) is -0.512. The van der Waals surface area contributed by atoms with Gasteiger partial charge in [-0.2, -0.15) is 0 Å². The van der Waals surface area contributed by atoms with E-state index >= 15 is 0 Å².